The van der Waals surface area contributed by atoms with Crippen molar-refractivity contribution in [1.82, 2.24) is 9.78 Å². The quantitative estimate of drug-likeness (QED) is 0.885. The van der Waals surface area contributed by atoms with Crippen LogP contribution in [0.15, 0.2) is 0 Å². The summed E-state index contributed by atoms with van der Waals surface area (Å²) >= 11 is 6.50. The lowest BCUT2D eigenvalue weighted by molar-refractivity contribution is 0.172. The second kappa shape index (κ2) is 6.70. The van der Waals surface area contributed by atoms with Crippen LogP contribution in [0.1, 0.15) is 64.8 Å². The topological polar surface area (TPSA) is 43.8 Å². The number of hydrogen-bond donors (Lipinski definition) is 1. The van der Waals surface area contributed by atoms with E-state index in [2.05, 4.69) is 32.8 Å². The number of hydrogen-bond acceptors (Lipinski definition) is 2. The van der Waals surface area contributed by atoms with Gasteiger partial charge in [0.05, 0.1) is 16.4 Å². The highest BCUT2D eigenvalue weighted by molar-refractivity contribution is 6.31. The first-order valence-corrected chi connectivity index (χ1v) is 8.75. The van der Waals surface area contributed by atoms with Gasteiger partial charge in [-0.15, -0.1) is 0 Å². The third-order valence-corrected chi connectivity index (χ3v) is 5.55. The summed E-state index contributed by atoms with van der Waals surface area (Å²) in [6, 6.07) is 0.199. The predicted molar refractivity (Wildman–Crippen MR) is 89.7 cm³/mol. The smallest absolute Gasteiger partial charge is 0.0850 e. The zero-order chi connectivity index (χ0) is 15.6. The highest BCUT2D eigenvalue weighted by atomic mass is 35.5. The molecule has 21 heavy (non-hydrogen) atoms. The van der Waals surface area contributed by atoms with Gasteiger partial charge in [0.15, 0.2) is 0 Å². The molecule has 2 N–H and O–H groups in total. The lowest BCUT2D eigenvalue weighted by Crippen LogP contribution is -2.37. The number of nitrogens with zero attached hydrogens (tertiary/aromatic N) is 2. The molecule has 0 aliphatic heterocycles. The summed E-state index contributed by atoms with van der Waals surface area (Å²) < 4.78 is 2.04. The molecule has 1 saturated carbocycles. The van der Waals surface area contributed by atoms with Crippen LogP contribution in [-0.4, -0.2) is 15.8 Å². The molecular weight excluding hydrogens is 282 g/mol. The van der Waals surface area contributed by atoms with E-state index in [4.69, 9.17) is 17.3 Å². The molecule has 1 fully saturated rings. The number of rotatable bonds is 5. The Morgan fingerprint density at radius 1 is 1.33 bits per heavy atom. The predicted octanol–water partition coefficient (Wildman–Crippen LogP) is 4.21. The second-order valence-electron chi connectivity index (χ2n) is 7.25. The first kappa shape index (κ1) is 16.8. The SMILES string of the molecule is CCc1nn(CC)c(CC(N)C2CCC(C)(C)CC2)c1Cl. The lowest BCUT2D eigenvalue weighted by Gasteiger charge is -2.36. The van der Waals surface area contributed by atoms with Crippen molar-refractivity contribution in [3.05, 3.63) is 16.4 Å². The van der Waals surface area contributed by atoms with Gasteiger partial charge in [-0.05, 0) is 50.4 Å². The molecule has 1 aromatic rings. The van der Waals surface area contributed by atoms with Gasteiger partial charge in [-0.3, -0.25) is 4.68 Å². The Balaban J connectivity index is 2.06. The Labute approximate surface area is 134 Å². The van der Waals surface area contributed by atoms with Gasteiger partial charge >= 0.3 is 0 Å². The van der Waals surface area contributed by atoms with Crippen LogP contribution in [0, 0.1) is 11.3 Å². The minimum Gasteiger partial charge on any atom is -0.327 e. The number of halogens is 1. The van der Waals surface area contributed by atoms with Gasteiger partial charge in [0.25, 0.3) is 0 Å². The zero-order valence-corrected chi connectivity index (χ0v) is 14.7. The van der Waals surface area contributed by atoms with Gasteiger partial charge in [0, 0.05) is 19.0 Å². The molecule has 0 bridgehead atoms. The van der Waals surface area contributed by atoms with E-state index in [1.54, 1.807) is 0 Å². The molecule has 1 heterocycles. The Morgan fingerprint density at radius 3 is 2.48 bits per heavy atom. The molecule has 0 saturated heterocycles. The average molecular weight is 312 g/mol. The maximum atomic E-state index is 6.51. The molecule has 4 heteroatoms. The van der Waals surface area contributed by atoms with Crippen molar-refractivity contribution in [2.45, 2.75) is 78.8 Å². The molecule has 0 spiro atoms. The summed E-state index contributed by atoms with van der Waals surface area (Å²) in [5.41, 5.74) is 9.14. The molecule has 0 aromatic carbocycles. The molecular formula is C17H30ClN3. The maximum absolute atomic E-state index is 6.51. The van der Waals surface area contributed by atoms with E-state index in [1.807, 2.05) is 4.68 Å². The van der Waals surface area contributed by atoms with E-state index in [-0.39, 0.29) is 6.04 Å². The molecule has 0 amide bonds. The fourth-order valence-electron chi connectivity index (χ4n) is 3.45. The van der Waals surface area contributed by atoms with Gasteiger partial charge < -0.3 is 5.73 Å². The fraction of sp³-hybridized carbons (Fsp3) is 0.824. The van der Waals surface area contributed by atoms with E-state index in [9.17, 15) is 0 Å². The van der Waals surface area contributed by atoms with Crippen molar-refractivity contribution in [1.29, 1.82) is 0 Å². The maximum Gasteiger partial charge on any atom is 0.0850 e. The molecule has 1 aliphatic carbocycles. The van der Waals surface area contributed by atoms with Gasteiger partial charge in [0.1, 0.15) is 0 Å². The number of aromatic nitrogens is 2. The minimum atomic E-state index is 0.199. The van der Waals surface area contributed by atoms with Crippen LogP contribution in [0.3, 0.4) is 0 Å². The molecule has 120 valence electrons. The number of nitrogens with two attached hydrogens (primary N) is 1. The normalized spacial score (nSPS) is 20.7. The van der Waals surface area contributed by atoms with E-state index in [0.717, 1.165) is 35.8 Å². The third-order valence-electron chi connectivity index (χ3n) is 5.11. The van der Waals surface area contributed by atoms with E-state index < -0.39 is 0 Å². The summed E-state index contributed by atoms with van der Waals surface area (Å²) in [6.45, 7) is 9.80. The minimum absolute atomic E-state index is 0.199. The Bertz CT molecular complexity index is 469. The van der Waals surface area contributed by atoms with Crippen LogP contribution in [0.25, 0.3) is 0 Å². The first-order valence-electron chi connectivity index (χ1n) is 8.37. The van der Waals surface area contributed by atoms with Crippen molar-refractivity contribution in [2.75, 3.05) is 0 Å². The molecule has 2 rings (SSSR count). The highest BCUT2D eigenvalue weighted by Gasteiger charge is 2.31. The summed E-state index contributed by atoms with van der Waals surface area (Å²) in [7, 11) is 0. The van der Waals surface area contributed by atoms with Crippen LogP contribution in [-0.2, 0) is 19.4 Å². The van der Waals surface area contributed by atoms with Crippen LogP contribution in [0.4, 0.5) is 0 Å². The molecule has 1 atom stereocenters. The Hall–Kier alpha value is -0.540. The first-order chi connectivity index (χ1) is 9.88. The van der Waals surface area contributed by atoms with Crippen LogP contribution in [0.2, 0.25) is 5.02 Å². The molecule has 1 aliphatic rings. The Morgan fingerprint density at radius 2 is 1.95 bits per heavy atom. The summed E-state index contributed by atoms with van der Waals surface area (Å²) in [5, 5.41) is 5.44. The fourth-order valence-corrected chi connectivity index (χ4v) is 3.80. The largest absolute Gasteiger partial charge is 0.327 e. The molecule has 1 aromatic heterocycles. The standard InChI is InChI=1S/C17H30ClN3/c1-5-14-16(18)15(21(6-2)20-14)11-13(19)12-7-9-17(3,4)10-8-12/h12-13H,5-11,19H2,1-4H3. The van der Waals surface area contributed by atoms with Crippen LogP contribution in [0.5, 0.6) is 0 Å². The van der Waals surface area contributed by atoms with E-state index in [0.29, 0.717) is 11.3 Å². The second-order valence-corrected chi connectivity index (χ2v) is 7.62. The van der Waals surface area contributed by atoms with Crippen molar-refractivity contribution < 1.29 is 0 Å². The molecule has 3 nitrogen and oxygen atoms in total. The third kappa shape index (κ3) is 3.81. The van der Waals surface area contributed by atoms with Gasteiger partial charge in [-0.25, -0.2) is 0 Å². The van der Waals surface area contributed by atoms with Crippen molar-refractivity contribution in [3.8, 4) is 0 Å². The average Bonchev–Trinajstić information content (AvgIpc) is 2.75. The summed E-state index contributed by atoms with van der Waals surface area (Å²) in [6.07, 6.45) is 6.79. The van der Waals surface area contributed by atoms with Crippen LogP contribution >= 0.6 is 11.6 Å². The Kier molecular flexibility index (Phi) is 5.37. The van der Waals surface area contributed by atoms with Gasteiger partial charge in [0.2, 0.25) is 0 Å². The van der Waals surface area contributed by atoms with E-state index >= 15 is 0 Å². The van der Waals surface area contributed by atoms with E-state index in [1.165, 1.54) is 25.7 Å². The van der Waals surface area contributed by atoms with Gasteiger partial charge in [-0.1, -0.05) is 32.4 Å². The molecule has 1 unspecified atom stereocenters. The summed E-state index contributed by atoms with van der Waals surface area (Å²) in [4.78, 5) is 0. The number of aryl methyl sites for hydroxylation is 2. The van der Waals surface area contributed by atoms with Gasteiger partial charge in [-0.2, -0.15) is 5.10 Å². The van der Waals surface area contributed by atoms with Crippen molar-refractivity contribution in [2.24, 2.45) is 17.1 Å². The van der Waals surface area contributed by atoms with Crippen molar-refractivity contribution in [3.63, 3.8) is 0 Å². The van der Waals surface area contributed by atoms with Crippen LogP contribution < -0.4 is 5.73 Å². The zero-order valence-electron chi connectivity index (χ0n) is 14.0. The monoisotopic (exact) mass is 311 g/mol. The van der Waals surface area contributed by atoms with Crippen molar-refractivity contribution >= 4 is 11.6 Å². The highest BCUT2D eigenvalue weighted by Crippen LogP contribution is 2.39. The lowest BCUT2D eigenvalue weighted by atomic mass is 9.71. The summed E-state index contributed by atoms with van der Waals surface area (Å²) in [5.74, 6) is 0.624. The molecule has 0 radical (unpaired) electrons.